The van der Waals surface area contributed by atoms with Crippen molar-refractivity contribution in [1.82, 2.24) is 4.90 Å². The molecular weight excluding hydrogens is 385 g/mol. The zero-order valence-corrected chi connectivity index (χ0v) is 17.0. The fraction of sp³-hybridized carbons (Fsp3) is 0.381. The molecule has 1 atom stereocenters. The third-order valence-corrected chi connectivity index (χ3v) is 5.02. The number of ether oxygens (including phenoxy) is 2. The number of nitrogens with zero attached hydrogens (tertiary/aromatic N) is 1. The minimum absolute atomic E-state index is 0.00402. The van der Waals surface area contributed by atoms with E-state index in [1.165, 1.54) is 5.56 Å². The summed E-state index contributed by atoms with van der Waals surface area (Å²) in [4.78, 5) is 14.3. The van der Waals surface area contributed by atoms with Crippen LogP contribution in [0.3, 0.4) is 0 Å². The third kappa shape index (κ3) is 5.38. The van der Waals surface area contributed by atoms with E-state index in [4.69, 9.17) is 32.7 Å². The van der Waals surface area contributed by atoms with Gasteiger partial charge in [-0.3, -0.25) is 4.79 Å². The Bertz CT molecular complexity index is 772. The quantitative estimate of drug-likeness (QED) is 0.691. The summed E-state index contributed by atoms with van der Waals surface area (Å²) in [5, 5.41) is 1.11. The van der Waals surface area contributed by atoms with Gasteiger partial charge in [0.2, 0.25) is 0 Å². The van der Waals surface area contributed by atoms with Crippen LogP contribution in [-0.2, 0) is 9.53 Å². The first-order valence-corrected chi connectivity index (χ1v) is 9.76. The topological polar surface area (TPSA) is 38.8 Å². The standard InChI is InChI=1S/C21H23Cl2NO3/c1-14(2)15-3-5-19(6-4-15)27-13-21(25)24-7-8-26-20(12-24)16-9-17(22)11-18(23)10-16/h3-6,9-11,14,20H,7-8,12-13H2,1-2H3. The lowest BCUT2D eigenvalue weighted by molar-refractivity contribution is -0.141. The fourth-order valence-electron chi connectivity index (χ4n) is 3.02. The van der Waals surface area contributed by atoms with Gasteiger partial charge in [0.25, 0.3) is 5.91 Å². The highest BCUT2D eigenvalue weighted by atomic mass is 35.5. The first-order valence-electron chi connectivity index (χ1n) is 9.00. The van der Waals surface area contributed by atoms with Gasteiger partial charge in [0.1, 0.15) is 11.9 Å². The summed E-state index contributed by atoms with van der Waals surface area (Å²) in [6, 6.07) is 13.2. The highest BCUT2D eigenvalue weighted by Crippen LogP contribution is 2.28. The van der Waals surface area contributed by atoms with Crippen LogP contribution < -0.4 is 4.74 Å². The van der Waals surface area contributed by atoms with Gasteiger partial charge < -0.3 is 14.4 Å². The molecule has 144 valence electrons. The molecular formula is C21H23Cl2NO3. The van der Waals surface area contributed by atoms with Crippen molar-refractivity contribution >= 4 is 29.1 Å². The summed E-state index contributed by atoms with van der Waals surface area (Å²) >= 11 is 12.2. The van der Waals surface area contributed by atoms with Crippen molar-refractivity contribution in [2.75, 3.05) is 26.3 Å². The van der Waals surface area contributed by atoms with Crippen LogP contribution in [0.4, 0.5) is 0 Å². The highest BCUT2D eigenvalue weighted by Gasteiger charge is 2.26. The number of carbonyl (C=O) groups is 1. The van der Waals surface area contributed by atoms with Crippen molar-refractivity contribution in [1.29, 1.82) is 0 Å². The largest absolute Gasteiger partial charge is 0.484 e. The van der Waals surface area contributed by atoms with Gasteiger partial charge in [0.05, 0.1) is 13.2 Å². The van der Waals surface area contributed by atoms with Crippen LogP contribution in [0.15, 0.2) is 42.5 Å². The lowest BCUT2D eigenvalue weighted by Gasteiger charge is -2.33. The molecule has 1 aliphatic heterocycles. The van der Waals surface area contributed by atoms with Gasteiger partial charge >= 0.3 is 0 Å². The van der Waals surface area contributed by atoms with E-state index in [-0.39, 0.29) is 18.6 Å². The summed E-state index contributed by atoms with van der Waals surface area (Å²) in [6.45, 7) is 5.74. The first kappa shape index (κ1) is 20.0. The van der Waals surface area contributed by atoms with E-state index >= 15 is 0 Å². The molecule has 27 heavy (non-hydrogen) atoms. The maximum Gasteiger partial charge on any atom is 0.260 e. The molecule has 0 saturated carbocycles. The number of hydrogen-bond donors (Lipinski definition) is 0. The third-order valence-electron chi connectivity index (χ3n) is 4.58. The average molecular weight is 408 g/mol. The SMILES string of the molecule is CC(C)c1ccc(OCC(=O)N2CCOC(c3cc(Cl)cc(Cl)c3)C2)cc1. The number of hydrogen-bond acceptors (Lipinski definition) is 3. The summed E-state index contributed by atoms with van der Waals surface area (Å²) in [5.74, 6) is 1.09. The second kappa shape index (κ2) is 8.96. The van der Waals surface area contributed by atoms with Gasteiger partial charge in [-0.05, 0) is 47.4 Å². The van der Waals surface area contributed by atoms with Crippen molar-refractivity contribution in [3.05, 3.63) is 63.6 Å². The van der Waals surface area contributed by atoms with Gasteiger partial charge in [0.15, 0.2) is 6.61 Å². The van der Waals surface area contributed by atoms with E-state index in [0.717, 1.165) is 5.56 Å². The number of rotatable bonds is 5. The molecule has 1 amide bonds. The van der Waals surface area contributed by atoms with Gasteiger partial charge in [-0.15, -0.1) is 0 Å². The Morgan fingerprint density at radius 2 is 1.85 bits per heavy atom. The molecule has 0 aromatic heterocycles. The van der Waals surface area contributed by atoms with E-state index in [2.05, 4.69) is 13.8 Å². The minimum atomic E-state index is -0.246. The maximum absolute atomic E-state index is 12.6. The van der Waals surface area contributed by atoms with Crippen LogP contribution in [0.2, 0.25) is 10.0 Å². The molecule has 1 fully saturated rings. The molecule has 6 heteroatoms. The lowest BCUT2D eigenvalue weighted by Crippen LogP contribution is -2.44. The van der Waals surface area contributed by atoms with Gasteiger partial charge in [0, 0.05) is 16.6 Å². The number of halogens is 2. The molecule has 2 aromatic carbocycles. The molecule has 0 aliphatic carbocycles. The molecule has 0 N–H and O–H groups in total. The Labute approximate surface area is 170 Å². The van der Waals surface area contributed by atoms with Gasteiger partial charge in [-0.25, -0.2) is 0 Å². The zero-order chi connectivity index (χ0) is 19.4. The Hall–Kier alpha value is -1.75. The molecule has 1 unspecified atom stereocenters. The normalized spacial score (nSPS) is 17.2. The molecule has 1 aliphatic rings. The second-order valence-corrected chi connectivity index (χ2v) is 7.79. The molecule has 4 nitrogen and oxygen atoms in total. The summed E-state index contributed by atoms with van der Waals surface area (Å²) in [6.07, 6.45) is -0.246. The maximum atomic E-state index is 12.6. The van der Waals surface area contributed by atoms with E-state index in [1.54, 1.807) is 11.0 Å². The smallest absolute Gasteiger partial charge is 0.260 e. The molecule has 3 rings (SSSR count). The Balaban J connectivity index is 1.58. The van der Waals surface area contributed by atoms with Gasteiger partial charge in [-0.1, -0.05) is 49.2 Å². The van der Waals surface area contributed by atoms with Crippen LogP contribution in [0.5, 0.6) is 5.75 Å². The zero-order valence-electron chi connectivity index (χ0n) is 15.5. The number of amides is 1. The second-order valence-electron chi connectivity index (χ2n) is 6.91. The van der Waals surface area contributed by atoms with Crippen molar-refractivity contribution in [2.24, 2.45) is 0 Å². The Morgan fingerprint density at radius 3 is 2.48 bits per heavy atom. The summed E-state index contributed by atoms with van der Waals surface area (Å²) in [7, 11) is 0. The van der Waals surface area contributed by atoms with Crippen molar-refractivity contribution in [3.8, 4) is 5.75 Å². The molecule has 0 radical (unpaired) electrons. The number of morpholine rings is 1. The van der Waals surface area contributed by atoms with E-state index < -0.39 is 0 Å². The van der Waals surface area contributed by atoms with Crippen LogP contribution >= 0.6 is 23.2 Å². The molecule has 1 heterocycles. The lowest BCUT2D eigenvalue weighted by atomic mass is 10.0. The summed E-state index contributed by atoms with van der Waals surface area (Å²) in [5.41, 5.74) is 2.11. The van der Waals surface area contributed by atoms with Crippen molar-refractivity contribution in [2.45, 2.75) is 25.9 Å². The Kier molecular flexibility index (Phi) is 6.64. The minimum Gasteiger partial charge on any atom is -0.484 e. The van der Waals surface area contributed by atoms with Crippen LogP contribution in [0.25, 0.3) is 0 Å². The molecule has 0 bridgehead atoms. The predicted molar refractivity (Wildman–Crippen MR) is 108 cm³/mol. The van der Waals surface area contributed by atoms with Crippen molar-refractivity contribution < 1.29 is 14.3 Å². The predicted octanol–water partition coefficient (Wildman–Crippen LogP) is 5.10. The van der Waals surface area contributed by atoms with Gasteiger partial charge in [-0.2, -0.15) is 0 Å². The molecule has 0 spiro atoms. The van der Waals surface area contributed by atoms with Crippen LogP contribution in [0, 0.1) is 0 Å². The average Bonchev–Trinajstić information content (AvgIpc) is 2.65. The van der Waals surface area contributed by atoms with E-state index in [9.17, 15) is 4.79 Å². The molecule has 2 aromatic rings. The molecule has 1 saturated heterocycles. The number of benzene rings is 2. The van der Waals surface area contributed by atoms with E-state index in [1.807, 2.05) is 36.4 Å². The first-order chi connectivity index (χ1) is 12.9. The number of carbonyl (C=O) groups excluding carboxylic acids is 1. The van der Waals surface area contributed by atoms with Crippen LogP contribution in [0.1, 0.15) is 37.0 Å². The Morgan fingerprint density at radius 1 is 1.19 bits per heavy atom. The highest BCUT2D eigenvalue weighted by molar-refractivity contribution is 6.34. The summed E-state index contributed by atoms with van der Waals surface area (Å²) < 4.78 is 11.5. The monoisotopic (exact) mass is 407 g/mol. The van der Waals surface area contributed by atoms with E-state index in [0.29, 0.717) is 41.4 Å². The van der Waals surface area contributed by atoms with Crippen LogP contribution in [-0.4, -0.2) is 37.1 Å². The fourth-order valence-corrected chi connectivity index (χ4v) is 3.57. The van der Waals surface area contributed by atoms with Crippen molar-refractivity contribution in [3.63, 3.8) is 0 Å².